The van der Waals surface area contributed by atoms with E-state index in [2.05, 4.69) is 20.3 Å². The van der Waals surface area contributed by atoms with Gasteiger partial charge in [-0.15, -0.1) is 0 Å². The number of hydrogen-bond acceptors (Lipinski definition) is 3. The maximum atomic E-state index is 11.8. The minimum Gasteiger partial charge on any atom is -0.352 e. The number of pyridine rings is 1. The number of rotatable bonds is 4. The molecule has 94 valence electrons. The van der Waals surface area contributed by atoms with Gasteiger partial charge < -0.3 is 10.3 Å². The number of aromatic nitrogens is 3. The Hall–Kier alpha value is -1.59. The van der Waals surface area contributed by atoms with Crippen molar-refractivity contribution in [2.24, 2.45) is 0 Å². The summed E-state index contributed by atoms with van der Waals surface area (Å²) >= 11 is 11.5. The second-order valence-electron chi connectivity index (χ2n) is 3.58. The molecule has 0 saturated carbocycles. The highest BCUT2D eigenvalue weighted by atomic mass is 35.5. The molecule has 0 aromatic carbocycles. The Bertz CT molecular complexity index is 542. The van der Waals surface area contributed by atoms with E-state index in [9.17, 15) is 4.79 Å². The SMILES string of the molecule is O=C(NCCc1cnc[nH]1)c1cnc(Cl)c(Cl)c1. The smallest absolute Gasteiger partial charge is 0.252 e. The zero-order chi connectivity index (χ0) is 13.0. The molecule has 2 rings (SSSR count). The van der Waals surface area contributed by atoms with Crippen molar-refractivity contribution in [3.05, 3.63) is 46.2 Å². The van der Waals surface area contributed by atoms with Crippen LogP contribution >= 0.6 is 23.2 Å². The third-order valence-corrected chi connectivity index (χ3v) is 2.98. The lowest BCUT2D eigenvalue weighted by Crippen LogP contribution is -2.25. The first-order valence-electron chi connectivity index (χ1n) is 5.23. The van der Waals surface area contributed by atoms with E-state index >= 15 is 0 Å². The Labute approximate surface area is 114 Å². The van der Waals surface area contributed by atoms with Crippen molar-refractivity contribution in [2.45, 2.75) is 6.42 Å². The number of nitrogens with one attached hydrogen (secondary N) is 2. The highest BCUT2D eigenvalue weighted by Crippen LogP contribution is 2.19. The molecule has 0 aliphatic carbocycles. The molecule has 2 aromatic rings. The normalized spacial score (nSPS) is 10.3. The Balaban J connectivity index is 1.89. The van der Waals surface area contributed by atoms with Gasteiger partial charge in [0.25, 0.3) is 5.91 Å². The molecule has 0 aliphatic rings. The van der Waals surface area contributed by atoms with Gasteiger partial charge in [0.1, 0.15) is 5.15 Å². The second kappa shape index (κ2) is 5.84. The molecule has 0 unspecified atom stereocenters. The summed E-state index contributed by atoms with van der Waals surface area (Å²) in [6, 6.07) is 1.49. The fourth-order valence-electron chi connectivity index (χ4n) is 1.38. The molecule has 5 nitrogen and oxygen atoms in total. The summed E-state index contributed by atoms with van der Waals surface area (Å²) in [5, 5.41) is 3.20. The molecule has 18 heavy (non-hydrogen) atoms. The number of H-pyrrole nitrogens is 1. The van der Waals surface area contributed by atoms with Crippen LogP contribution in [0.15, 0.2) is 24.8 Å². The van der Waals surface area contributed by atoms with Crippen LogP contribution in [0, 0.1) is 0 Å². The van der Waals surface area contributed by atoms with Crippen LogP contribution in [0.3, 0.4) is 0 Å². The van der Waals surface area contributed by atoms with Crippen LogP contribution in [0.4, 0.5) is 0 Å². The minimum atomic E-state index is -0.236. The summed E-state index contributed by atoms with van der Waals surface area (Å²) in [6.07, 6.45) is 5.38. The molecular formula is C11H10Cl2N4O. The van der Waals surface area contributed by atoms with Crippen molar-refractivity contribution in [3.8, 4) is 0 Å². The van der Waals surface area contributed by atoms with E-state index in [0.717, 1.165) is 5.69 Å². The monoisotopic (exact) mass is 284 g/mol. The molecule has 0 aliphatic heterocycles. The van der Waals surface area contributed by atoms with E-state index in [1.807, 2.05) is 0 Å². The first-order chi connectivity index (χ1) is 8.66. The van der Waals surface area contributed by atoms with Gasteiger partial charge in [-0.25, -0.2) is 9.97 Å². The third-order valence-electron chi connectivity index (χ3n) is 2.29. The van der Waals surface area contributed by atoms with Gasteiger partial charge in [-0.2, -0.15) is 0 Å². The third kappa shape index (κ3) is 3.21. The highest BCUT2D eigenvalue weighted by Gasteiger charge is 2.08. The van der Waals surface area contributed by atoms with Gasteiger partial charge >= 0.3 is 0 Å². The highest BCUT2D eigenvalue weighted by molar-refractivity contribution is 6.41. The van der Waals surface area contributed by atoms with Crippen LogP contribution in [-0.4, -0.2) is 27.4 Å². The van der Waals surface area contributed by atoms with E-state index in [0.29, 0.717) is 18.5 Å². The number of aromatic amines is 1. The fraction of sp³-hybridized carbons (Fsp3) is 0.182. The number of carbonyl (C=O) groups excluding carboxylic acids is 1. The van der Waals surface area contributed by atoms with Gasteiger partial charge in [0.05, 0.1) is 16.9 Å². The minimum absolute atomic E-state index is 0.186. The van der Waals surface area contributed by atoms with Crippen molar-refractivity contribution < 1.29 is 4.79 Å². The standard InChI is InChI=1S/C11H10Cl2N4O/c12-9-3-7(4-16-10(9)13)11(18)15-2-1-8-5-14-6-17-8/h3-6H,1-2H2,(H,14,17)(H,15,18). The number of hydrogen-bond donors (Lipinski definition) is 2. The molecule has 7 heteroatoms. The Morgan fingerprint density at radius 1 is 1.39 bits per heavy atom. The van der Waals surface area contributed by atoms with Crippen molar-refractivity contribution in [3.63, 3.8) is 0 Å². The molecule has 0 bridgehead atoms. The summed E-state index contributed by atoms with van der Waals surface area (Å²) in [5.74, 6) is -0.236. The Kier molecular flexibility index (Phi) is 4.17. The molecule has 0 saturated heterocycles. The summed E-state index contributed by atoms with van der Waals surface area (Å²) in [7, 11) is 0. The molecule has 0 spiro atoms. The van der Waals surface area contributed by atoms with E-state index < -0.39 is 0 Å². The number of carbonyl (C=O) groups is 1. The predicted molar refractivity (Wildman–Crippen MR) is 68.9 cm³/mol. The average molecular weight is 285 g/mol. The second-order valence-corrected chi connectivity index (χ2v) is 4.34. The molecule has 1 amide bonds. The maximum absolute atomic E-state index is 11.8. The topological polar surface area (TPSA) is 70.7 Å². The first kappa shape index (κ1) is 12.9. The number of halogens is 2. The maximum Gasteiger partial charge on any atom is 0.252 e. The van der Waals surface area contributed by atoms with Crippen LogP contribution in [0.5, 0.6) is 0 Å². The van der Waals surface area contributed by atoms with Crippen LogP contribution in [0.25, 0.3) is 0 Å². The summed E-state index contributed by atoms with van der Waals surface area (Å²) in [6.45, 7) is 0.501. The van der Waals surface area contributed by atoms with Gasteiger partial charge in [-0.3, -0.25) is 4.79 Å². The van der Waals surface area contributed by atoms with Crippen molar-refractivity contribution in [1.82, 2.24) is 20.3 Å². The molecule has 0 radical (unpaired) electrons. The van der Waals surface area contributed by atoms with E-state index in [4.69, 9.17) is 23.2 Å². The average Bonchev–Trinajstić information content (AvgIpc) is 2.85. The Morgan fingerprint density at radius 2 is 2.22 bits per heavy atom. The number of imidazole rings is 1. The molecular weight excluding hydrogens is 275 g/mol. The zero-order valence-corrected chi connectivity index (χ0v) is 10.8. The van der Waals surface area contributed by atoms with Crippen molar-refractivity contribution in [1.29, 1.82) is 0 Å². The lowest BCUT2D eigenvalue weighted by atomic mass is 10.2. The molecule has 2 heterocycles. The van der Waals surface area contributed by atoms with Gasteiger partial charge in [-0.1, -0.05) is 23.2 Å². The molecule has 2 N–H and O–H groups in total. The predicted octanol–water partition coefficient (Wildman–Crippen LogP) is 2.08. The number of nitrogens with zero attached hydrogens (tertiary/aromatic N) is 2. The van der Waals surface area contributed by atoms with Crippen molar-refractivity contribution >= 4 is 29.1 Å². The Morgan fingerprint density at radius 3 is 2.89 bits per heavy atom. The summed E-state index contributed by atoms with van der Waals surface area (Å²) in [5.41, 5.74) is 1.34. The van der Waals surface area contributed by atoms with E-state index in [-0.39, 0.29) is 16.1 Å². The number of amides is 1. The van der Waals surface area contributed by atoms with Crippen LogP contribution in [0.2, 0.25) is 10.2 Å². The summed E-state index contributed by atoms with van der Waals surface area (Å²) < 4.78 is 0. The summed E-state index contributed by atoms with van der Waals surface area (Å²) in [4.78, 5) is 22.4. The van der Waals surface area contributed by atoms with E-state index in [1.165, 1.54) is 12.3 Å². The zero-order valence-electron chi connectivity index (χ0n) is 9.28. The van der Waals surface area contributed by atoms with Crippen LogP contribution < -0.4 is 5.32 Å². The quantitative estimate of drug-likeness (QED) is 0.845. The van der Waals surface area contributed by atoms with Gasteiger partial charge in [0.15, 0.2) is 0 Å². The van der Waals surface area contributed by atoms with Gasteiger partial charge in [0.2, 0.25) is 0 Å². The van der Waals surface area contributed by atoms with E-state index in [1.54, 1.807) is 12.5 Å². The lowest BCUT2D eigenvalue weighted by Gasteiger charge is -2.04. The van der Waals surface area contributed by atoms with Crippen molar-refractivity contribution in [2.75, 3.05) is 6.54 Å². The molecule has 0 fully saturated rings. The lowest BCUT2D eigenvalue weighted by molar-refractivity contribution is 0.0953. The van der Waals surface area contributed by atoms with Crippen LogP contribution in [-0.2, 0) is 6.42 Å². The first-order valence-corrected chi connectivity index (χ1v) is 5.99. The largest absolute Gasteiger partial charge is 0.352 e. The van der Waals surface area contributed by atoms with Crippen LogP contribution in [0.1, 0.15) is 16.1 Å². The fourth-order valence-corrected chi connectivity index (χ4v) is 1.65. The van der Waals surface area contributed by atoms with Gasteiger partial charge in [-0.05, 0) is 6.07 Å². The van der Waals surface area contributed by atoms with Gasteiger partial charge in [0, 0.05) is 31.1 Å². The molecule has 2 aromatic heterocycles. The molecule has 0 atom stereocenters.